The maximum Gasteiger partial charge on any atom is 0.315 e. The molecule has 1 unspecified atom stereocenters. The Labute approximate surface area is 188 Å². The van der Waals surface area contributed by atoms with Crippen molar-refractivity contribution >= 4 is 29.2 Å². The number of carbonyl (C=O) groups is 2. The zero-order chi connectivity index (χ0) is 22.2. The van der Waals surface area contributed by atoms with Gasteiger partial charge in [0.15, 0.2) is 5.78 Å². The van der Waals surface area contributed by atoms with Crippen LogP contribution in [0.25, 0.3) is 0 Å². The number of nitrogens with zero attached hydrogens (tertiary/aromatic N) is 1. The maximum atomic E-state index is 13.3. The van der Waals surface area contributed by atoms with Crippen molar-refractivity contribution in [3.8, 4) is 0 Å². The second-order valence-corrected chi connectivity index (χ2v) is 10.4. The number of carbonyl (C=O) groups excluding carboxylic acids is 2. The second-order valence-electron chi connectivity index (χ2n) is 9.55. The molecule has 2 heterocycles. The first kappa shape index (κ1) is 22.3. The van der Waals surface area contributed by atoms with E-state index in [1.807, 2.05) is 37.4 Å². The molecule has 0 radical (unpaired) electrons. The van der Waals surface area contributed by atoms with Gasteiger partial charge in [-0.2, -0.15) is 0 Å². The minimum atomic E-state index is -0.592. The Morgan fingerprint density at radius 2 is 2.00 bits per heavy atom. The number of esters is 1. The summed E-state index contributed by atoms with van der Waals surface area (Å²) in [5, 5.41) is 0. The Morgan fingerprint density at radius 3 is 2.65 bits per heavy atom. The van der Waals surface area contributed by atoms with Crippen LogP contribution in [-0.4, -0.2) is 43.0 Å². The summed E-state index contributed by atoms with van der Waals surface area (Å²) >= 11 is 1.67. The number of hydrogen-bond donors (Lipinski definition) is 0. The van der Waals surface area contributed by atoms with Crippen molar-refractivity contribution < 1.29 is 19.1 Å². The van der Waals surface area contributed by atoms with Crippen LogP contribution in [0.2, 0.25) is 0 Å². The molecule has 0 N–H and O–H groups in total. The summed E-state index contributed by atoms with van der Waals surface area (Å²) in [4.78, 5) is 32.5. The highest BCUT2D eigenvalue weighted by molar-refractivity contribution is 7.98. The minimum Gasteiger partial charge on any atom is -0.462 e. The van der Waals surface area contributed by atoms with Gasteiger partial charge in [0.1, 0.15) is 12.5 Å². The fraction of sp³-hybridized carbons (Fsp3) is 0.560. The van der Waals surface area contributed by atoms with Gasteiger partial charge in [-0.05, 0) is 55.6 Å². The number of allylic oxidation sites excluding steroid dienone is 2. The molecule has 1 aliphatic carbocycles. The van der Waals surface area contributed by atoms with E-state index in [2.05, 4.69) is 13.8 Å². The van der Waals surface area contributed by atoms with Gasteiger partial charge in [-0.3, -0.25) is 14.6 Å². The molecular weight excluding hydrogens is 410 g/mol. The average Bonchev–Trinajstić information content (AvgIpc) is 3.24. The molecule has 0 aromatic heterocycles. The van der Waals surface area contributed by atoms with Crippen LogP contribution in [0.15, 0.2) is 45.4 Å². The molecule has 3 atom stereocenters. The summed E-state index contributed by atoms with van der Waals surface area (Å²) in [5.74, 6) is -1.17. The van der Waals surface area contributed by atoms with E-state index in [1.165, 1.54) is 0 Å². The highest BCUT2D eigenvalue weighted by atomic mass is 32.2. The standard InChI is InChI=1S/C25H31NO4S/c1-15-21(24(28)30-14-17-6-5-11-29-17)22(16-7-9-18(31-4)10-8-16)23-19(26-15)12-25(2,3)13-20(23)27/h7-10,17,21-22H,5-6,11-14H2,1-4H3/t17-,21?,22-/m0/s1. The third-order valence-electron chi connectivity index (χ3n) is 6.47. The zero-order valence-corrected chi connectivity index (χ0v) is 19.6. The molecule has 1 saturated heterocycles. The Bertz CT molecular complexity index is 925. The summed E-state index contributed by atoms with van der Waals surface area (Å²) in [6.07, 6.45) is 5.12. The van der Waals surface area contributed by atoms with Crippen LogP contribution >= 0.6 is 11.8 Å². The lowest BCUT2D eigenvalue weighted by Gasteiger charge is -2.39. The number of Topliss-reactive ketones (excluding diaryl/α,β-unsaturated/α-hetero) is 1. The van der Waals surface area contributed by atoms with E-state index in [1.54, 1.807) is 11.8 Å². The lowest BCUT2D eigenvalue weighted by atomic mass is 9.67. The van der Waals surface area contributed by atoms with Crippen molar-refractivity contribution in [2.24, 2.45) is 16.3 Å². The van der Waals surface area contributed by atoms with Crippen LogP contribution in [-0.2, 0) is 19.1 Å². The van der Waals surface area contributed by atoms with Gasteiger partial charge < -0.3 is 9.47 Å². The van der Waals surface area contributed by atoms with Crippen molar-refractivity contribution in [1.29, 1.82) is 0 Å². The third-order valence-corrected chi connectivity index (χ3v) is 7.21. The van der Waals surface area contributed by atoms with Crippen LogP contribution in [0, 0.1) is 11.3 Å². The van der Waals surface area contributed by atoms with Crippen LogP contribution in [0.1, 0.15) is 57.9 Å². The number of ether oxygens (including phenoxy) is 2. The van der Waals surface area contributed by atoms with Crippen LogP contribution in [0.4, 0.5) is 0 Å². The van der Waals surface area contributed by atoms with Crippen LogP contribution < -0.4 is 0 Å². The van der Waals surface area contributed by atoms with E-state index >= 15 is 0 Å². The Morgan fingerprint density at radius 1 is 1.26 bits per heavy atom. The van der Waals surface area contributed by atoms with Gasteiger partial charge in [0, 0.05) is 40.8 Å². The number of benzene rings is 1. The van der Waals surface area contributed by atoms with Gasteiger partial charge in [0.05, 0.1) is 6.10 Å². The predicted octanol–water partition coefficient (Wildman–Crippen LogP) is 4.95. The van der Waals surface area contributed by atoms with Crippen LogP contribution in [0.3, 0.4) is 0 Å². The van der Waals surface area contributed by atoms with E-state index < -0.39 is 5.92 Å². The molecule has 3 aliphatic rings. The third kappa shape index (κ3) is 4.65. The fourth-order valence-electron chi connectivity index (χ4n) is 4.96. The summed E-state index contributed by atoms with van der Waals surface area (Å²) < 4.78 is 11.3. The first-order chi connectivity index (χ1) is 14.8. The Kier molecular flexibility index (Phi) is 6.40. The molecule has 31 heavy (non-hydrogen) atoms. The molecule has 166 valence electrons. The minimum absolute atomic E-state index is 0.0315. The van der Waals surface area contributed by atoms with Crippen LogP contribution in [0.5, 0.6) is 0 Å². The smallest absolute Gasteiger partial charge is 0.315 e. The van der Waals surface area contributed by atoms with E-state index in [0.29, 0.717) is 12.0 Å². The fourth-order valence-corrected chi connectivity index (χ4v) is 5.37. The topological polar surface area (TPSA) is 65.0 Å². The lowest BCUT2D eigenvalue weighted by Crippen LogP contribution is -2.40. The maximum absolute atomic E-state index is 13.3. The van der Waals surface area contributed by atoms with E-state index in [0.717, 1.165) is 47.7 Å². The van der Waals surface area contributed by atoms with Gasteiger partial charge in [-0.25, -0.2) is 0 Å². The van der Waals surface area contributed by atoms with Gasteiger partial charge in [-0.1, -0.05) is 26.0 Å². The largest absolute Gasteiger partial charge is 0.462 e. The van der Waals surface area contributed by atoms with Crippen molar-refractivity contribution in [1.82, 2.24) is 0 Å². The average molecular weight is 442 g/mol. The van der Waals surface area contributed by atoms with Crippen molar-refractivity contribution in [3.05, 3.63) is 41.1 Å². The first-order valence-electron chi connectivity index (χ1n) is 11.0. The molecule has 0 saturated carbocycles. The highest BCUT2D eigenvalue weighted by Crippen LogP contribution is 2.48. The lowest BCUT2D eigenvalue weighted by molar-refractivity contribution is -0.149. The zero-order valence-electron chi connectivity index (χ0n) is 18.8. The molecule has 1 aromatic rings. The molecule has 5 nitrogen and oxygen atoms in total. The molecule has 0 bridgehead atoms. The van der Waals surface area contributed by atoms with Gasteiger partial charge in [-0.15, -0.1) is 11.8 Å². The summed E-state index contributed by atoms with van der Waals surface area (Å²) in [7, 11) is 0. The van der Waals surface area contributed by atoms with Gasteiger partial charge in [0.2, 0.25) is 0 Å². The molecule has 1 aromatic carbocycles. The van der Waals surface area contributed by atoms with Crippen molar-refractivity contribution in [2.75, 3.05) is 19.5 Å². The molecule has 0 amide bonds. The summed E-state index contributed by atoms with van der Waals surface area (Å²) in [6, 6.07) is 8.17. The molecule has 1 fully saturated rings. The monoisotopic (exact) mass is 441 g/mol. The number of rotatable bonds is 5. The predicted molar refractivity (Wildman–Crippen MR) is 123 cm³/mol. The summed E-state index contributed by atoms with van der Waals surface area (Å²) in [6.45, 7) is 7.06. The second kappa shape index (κ2) is 8.91. The number of ketones is 1. The number of thioether (sulfide) groups is 1. The molecule has 6 heteroatoms. The van der Waals surface area contributed by atoms with E-state index in [4.69, 9.17) is 14.5 Å². The summed E-state index contributed by atoms with van der Waals surface area (Å²) in [5.41, 5.74) is 3.09. The molecular formula is C25H31NO4S. The molecule has 4 rings (SSSR count). The van der Waals surface area contributed by atoms with Gasteiger partial charge >= 0.3 is 5.97 Å². The number of aliphatic imine (C=N–C) groups is 1. The van der Waals surface area contributed by atoms with E-state index in [-0.39, 0.29) is 35.8 Å². The molecule has 0 spiro atoms. The van der Waals surface area contributed by atoms with Crippen molar-refractivity contribution in [3.63, 3.8) is 0 Å². The highest BCUT2D eigenvalue weighted by Gasteiger charge is 2.46. The normalized spacial score (nSPS) is 27.7. The molecule has 2 aliphatic heterocycles. The van der Waals surface area contributed by atoms with Gasteiger partial charge in [0.25, 0.3) is 0 Å². The first-order valence-corrected chi connectivity index (χ1v) is 12.2. The van der Waals surface area contributed by atoms with Crippen molar-refractivity contribution in [2.45, 2.75) is 63.4 Å². The SMILES string of the molecule is CSc1ccc([C@@H]2C3=C(CC(C)(C)CC3=O)N=C(C)C2C(=O)OC[C@@H]2CCCO2)cc1. The quantitative estimate of drug-likeness (QED) is 0.478. The van der Waals surface area contributed by atoms with E-state index in [9.17, 15) is 9.59 Å². The Balaban J connectivity index is 1.70. The number of hydrogen-bond acceptors (Lipinski definition) is 6. The Hall–Kier alpha value is -1.92.